The number of carbonyl (C=O) groups is 1. The van der Waals surface area contributed by atoms with E-state index in [1.807, 2.05) is 0 Å². The van der Waals surface area contributed by atoms with Crippen molar-refractivity contribution in [3.05, 3.63) is 23.2 Å². The molecule has 110 valence electrons. The number of hydrogen-bond donors (Lipinski definition) is 3. The quantitative estimate of drug-likeness (QED) is 0.746. The molecule has 0 aromatic heterocycles. The van der Waals surface area contributed by atoms with E-state index in [0.29, 0.717) is 16.5 Å². The number of ether oxygens (including phenoxy) is 1. The lowest BCUT2D eigenvalue weighted by Gasteiger charge is -2.15. The first-order valence-electron chi connectivity index (χ1n) is 6.21. The van der Waals surface area contributed by atoms with Crippen molar-refractivity contribution in [2.45, 2.75) is 12.2 Å². The maximum Gasteiger partial charge on any atom is 0.238 e. The number of likely N-dealkylation sites (tertiary alicyclic amines) is 1. The van der Waals surface area contributed by atoms with Gasteiger partial charge in [-0.05, 0) is 18.2 Å². The number of hydrogen-bond acceptors (Lipinski definition) is 5. The molecule has 7 heteroatoms. The minimum absolute atomic E-state index is 0.0871. The lowest BCUT2D eigenvalue weighted by molar-refractivity contribution is -0.117. The van der Waals surface area contributed by atoms with Crippen molar-refractivity contribution < 1.29 is 19.7 Å². The third-order valence-electron chi connectivity index (χ3n) is 3.14. The van der Waals surface area contributed by atoms with Crippen LogP contribution in [0.1, 0.15) is 0 Å². The molecule has 0 spiro atoms. The first kappa shape index (κ1) is 15.1. The summed E-state index contributed by atoms with van der Waals surface area (Å²) in [5, 5.41) is 22.1. The first-order chi connectivity index (χ1) is 9.49. The second-order valence-electron chi connectivity index (χ2n) is 4.72. The Bertz CT molecular complexity index is 487. The summed E-state index contributed by atoms with van der Waals surface area (Å²) < 4.78 is 5.14. The number of halogens is 1. The average Bonchev–Trinajstić information content (AvgIpc) is 2.68. The first-order valence-corrected chi connectivity index (χ1v) is 6.59. The number of amides is 1. The number of nitrogens with one attached hydrogen (secondary N) is 1. The molecule has 0 unspecified atom stereocenters. The SMILES string of the molecule is COc1ccc(Cl)cc1NC(=O)CN1C[C@@H](O)[C@@H](O)C1. The van der Waals surface area contributed by atoms with E-state index in [2.05, 4.69) is 5.32 Å². The summed E-state index contributed by atoms with van der Waals surface area (Å²) in [6.45, 7) is 0.645. The van der Waals surface area contributed by atoms with Crippen molar-refractivity contribution in [1.82, 2.24) is 4.90 Å². The number of aliphatic hydroxyl groups excluding tert-OH is 2. The summed E-state index contributed by atoms with van der Waals surface area (Å²) in [4.78, 5) is 13.6. The monoisotopic (exact) mass is 300 g/mol. The number of rotatable bonds is 4. The molecule has 2 rings (SSSR count). The van der Waals surface area contributed by atoms with Gasteiger partial charge >= 0.3 is 0 Å². The summed E-state index contributed by atoms with van der Waals surface area (Å²) in [6.07, 6.45) is -1.60. The minimum Gasteiger partial charge on any atom is -0.495 e. The lowest BCUT2D eigenvalue weighted by Crippen LogP contribution is -2.32. The third-order valence-corrected chi connectivity index (χ3v) is 3.37. The van der Waals surface area contributed by atoms with Gasteiger partial charge in [0.05, 0.1) is 31.5 Å². The maximum atomic E-state index is 11.9. The molecule has 1 aromatic carbocycles. The fraction of sp³-hybridized carbons (Fsp3) is 0.462. The van der Waals surface area contributed by atoms with Gasteiger partial charge in [-0.2, -0.15) is 0 Å². The largest absolute Gasteiger partial charge is 0.495 e. The van der Waals surface area contributed by atoms with Gasteiger partial charge in [0.1, 0.15) is 5.75 Å². The van der Waals surface area contributed by atoms with Crippen LogP contribution < -0.4 is 10.1 Å². The number of β-amino-alcohol motifs (C(OH)–C–C–N with tert-alkyl or cyclic N) is 2. The van der Waals surface area contributed by atoms with Gasteiger partial charge in [0, 0.05) is 18.1 Å². The van der Waals surface area contributed by atoms with Crippen LogP contribution in [0.2, 0.25) is 5.02 Å². The number of benzene rings is 1. The Morgan fingerprint density at radius 2 is 2.10 bits per heavy atom. The number of carbonyl (C=O) groups excluding carboxylic acids is 1. The molecule has 1 aliphatic heterocycles. The molecule has 1 fully saturated rings. The summed E-state index contributed by atoms with van der Waals surface area (Å²) in [7, 11) is 1.51. The number of methoxy groups -OCH3 is 1. The molecule has 6 nitrogen and oxygen atoms in total. The van der Waals surface area contributed by atoms with E-state index in [1.54, 1.807) is 23.1 Å². The molecule has 0 radical (unpaired) electrons. The summed E-state index contributed by atoms with van der Waals surface area (Å²) in [6, 6.07) is 4.94. The fourth-order valence-electron chi connectivity index (χ4n) is 2.15. The van der Waals surface area contributed by atoms with Crippen LogP contribution in [0.4, 0.5) is 5.69 Å². The van der Waals surface area contributed by atoms with Gasteiger partial charge in [-0.25, -0.2) is 0 Å². The van der Waals surface area contributed by atoms with Gasteiger partial charge in [0.25, 0.3) is 0 Å². The Kier molecular flexibility index (Phi) is 4.82. The van der Waals surface area contributed by atoms with Crippen LogP contribution in [-0.4, -0.2) is 60.0 Å². The zero-order valence-electron chi connectivity index (χ0n) is 11.0. The van der Waals surface area contributed by atoms with E-state index in [-0.39, 0.29) is 25.5 Å². The Labute approximate surface area is 121 Å². The molecule has 20 heavy (non-hydrogen) atoms. The smallest absolute Gasteiger partial charge is 0.238 e. The van der Waals surface area contributed by atoms with Crippen molar-refractivity contribution in [1.29, 1.82) is 0 Å². The molecular formula is C13H17ClN2O4. The number of anilines is 1. The van der Waals surface area contributed by atoms with Crippen molar-refractivity contribution in [2.75, 3.05) is 32.1 Å². The van der Waals surface area contributed by atoms with Gasteiger partial charge in [-0.15, -0.1) is 0 Å². The molecule has 1 saturated heterocycles. The Morgan fingerprint density at radius 1 is 1.45 bits per heavy atom. The van der Waals surface area contributed by atoms with Crippen LogP contribution in [0.5, 0.6) is 5.75 Å². The Hall–Kier alpha value is -1.34. The predicted octanol–water partition coefficient (Wildman–Crippen LogP) is 0.324. The molecule has 1 amide bonds. The van der Waals surface area contributed by atoms with E-state index in [0.717, 1.165) is 0 Å². The molecule has 3 N–H and O–H groups in total. The number of aliphatic hydroxyl groups is 2. The van der Waals surface area contributed by atoms with Gasteiger partial charge in [0.2, 0.25) is 5.91 Å². The molecule has 0 aliphatic carbocycles. The van der Waals surface area contributed by atoms with Gasteiger partial charge in [-0.3, -0.25) is 9.69 Å². The standard InChI is InChI=1S/C13H17ClN2O4/c1-20-12-3-2-8(14)4-9(12)15-13(19)7-16-5-10(17)11(18)6-16/h2-4,10-11,17-18H,5-7H2,1H3,(H,15,19)/t10-,11+. The van der Waals surface area contributed by atoms with Crippen molar-refractivity contribution >= 4 is 23.2 Å². The second kappa shape index (κ2) is 6.41. The van der Waals surface area contributed by atoms with Crippen molar-refractivity contribution in [3.8, 4) is 5.75 Å². The zero-order chi connectivity index (χ0) is 14.7. The Balaban J connectivity index is 1.96. The van der Waals surface area contributed by atoms with Crippen LogP contribution >= 0.6 is 11.6 Å². The van der Waals surface area contributed by atoms with Crippen molar-refractivity contribution in [2.24, 2.45) is 0 Å². The molecule has 2 atom stereocenters. The topological polar surface area (TPSA) is 82.0 Å². The zero-order valence-corrected chi connectivity index (χ0v) is 11.8. The summed E-state index contributed by atoms with van der Waals surface area (Å²) in [5.74, 6) is 0.260. The molecule has 0 saturated carbocycles. The number of nitrogens with zero attached hydrogens (tertiary/aromatic N) is 1. The minimum atomic E-state index is -0.802. The molecule has 1 aromatic rings. The normalized spacial score (nSPS) is 22.8. The highest BCUT2D eigenvalue weighted by molar-refractivity contribution is 6.31. The van der Waals surface area contributed by atoms with Gasteiger partial charge in [-0.1, -0.05) is 11.6 Å². The van der Waals surface area contributed by atoms with E-state index in [4.69, 9.17) is 16.3 Å². The van der Waals surface area contributed by atoms with E-state index in [1.165, 1.54) is 7.11 Å². The lowest BCUT2D eigenvalue weighted by atomic mass is 10.3. The van der Waals surface area contributed by atoms with E-state index in [9.17, 15) is 15.0 Å². The van der Waals surface area contributed by atoms with Crippen LogP contribution in [0, 0.1) is 0 Å². The van der Waals surface area contributed by atoms with Crippen LogP contribution in [0.15, 0.2) is 18.2 Å². The van der Waals surface area contributed by atoms with E-state index >= 15 is 0 Å². The summed E-state index contributed by atoms with van der Waals surface area (Å²) in [5.41, 5.74) is 0.491. The fourth-order valence-corrected chi connectivity index (χ4v) is 2.32. The molecule has 1 aliphatic rings. The molecule has 1 heterocycles. The predicted molar refractivity (Wildman–Crippen MR) is 75.1 cm³/mol. The Morgan fingerprint density at radius 3 is 2.70 bits per heavy atom. The highest BCUT2D eigenvalue weighted by Crippen LogP contribution is 2.27. The van der Waals surface area contributed by atoms with Crippen LogP contribution in [-0.2, 0) is 4.79 Å². The van der Waals surface area contributed by atoms with Crippen molar-refractivity contribution in [3.63, 3.8) is 0 Å². The van der Waals surface area contributed by atoms with Gasteiger partial charge in [0.15, 0.2) is 0 Å². The highest BCUT2D eigenvalue weighted by Gasteiger charge is 2.30. The van der Waals surface area contributed by atoms with Crippen LogP contribution in [0.3, 0.4) is 0 Å². The van der Waals surface area contributed by atoms with Crippen LogP contribution in [0.25, 0.3) is 0 Å². The third kappa shape index (κ3) is 3.61. The maximum absolute atomic E-state index is 11.9. The summed E-state index contributed by atoms with van der Waals surface area (Å²) >= 11 is 5.88. The molecular weight excluding hydrogens is 284 g/mol. The molecule has 0 bridgehead atoms. The van der Waals surface area contributed by atoms with Gasteiger partial charge < -0.3 is 20.3 Å². The highest BCUT2D eigenvalue weighted by atomic mass is 35.5. The average molecular weight is 301 g/mol. The van der Waals surface area contributed by atoms with E-state index < -0.39 is 12.2 Å². The second-order valence-corrected chi connectivity index (χ2v) is 5.16.